The third kappa shape index (κ3) is 4.99. The van der Waals surface area contributed by atoms with Crippen molar-refractivity contribution in [2.75, 3.05) is 11.8 Å². The smallest absolute Gasteiger partial charge is 0.262 e. The molecule has 0 aromatic heterocycles. The molecular formula is C23H24N2O4S. The molecule has 3 aromatic carbocycles. The average Bonchev–Trinajstić information content (AvgIpc) is 2.74. The zero-order chi connectivity index (χ0) is 21.7. The highest BCUT2D eigenvalue weighted by atomic mass is 32.2. The van der Waals surface area contributed by atoms with E-state index in [0.29, 0.717) is 11.3 Å². The summed E-state index contributed by atoms with van der Waals surface area (Å²) in [5.41, 5.74) is 2.20. The fraction of sp³-hybridized carbons (Fsp3) is 0.174. The van der Waals surface area contributed by atoms with E-state index in [4.69, 9.17) is 4.74 Å². The Morgan fingerprint density at radius 3 is 2.27 bits per heavy atom. The zero-order valence-electron chi connectivity index (χ0n) is 17.0. The van der Waals surface area contributed by atoms with Gasteiger partial charge in [0.25, 0.3) is 15.9 Å². The molecule has 3 aromatic rings. The Labute approximate surface area is 177 Å². The molecule has 0 aliphatic carbocycles. The predicted octanol–water partition coefficient (Wildman–Crippen LogP) is 4.30. The predicted molar refractivity (Wildman–Crippen MR) is 117 cm³/mol. The summed E-state index contributed by atoms with van der Waals surface area (Å²) in [6.45, 7) is 3.56. The van der Waals surface area contributed by atoms with Gasteiger partial charge in [0.1, 0.15) is 5.75 Å². The van der Waals surface area contributed by atoms with E-state index in [2.05, 4.69) is 10.0 Å². The van der Waals surface area contributed by atoms with Crippen LogP contribution in [-0.4, -0.2) is 21.4 Å². The Morgan fingerprint density at radius 2 is 1.63 bits per heavy atom. The number of ether oxygens (including phenoxy) is 1. The highest BCUT2D eigenvalue weighted by molar-refractivity contribution is 7.92. The van der Waals surface area contributed by atoms with E-state index in [1.807, 2.05) is 31.2 Å². The summed E-state index contributed by atoms with van der Waals surface area (Å²) in [5.74, 6) is 0.381. The lowest BCUT2D eigenvalue weighted by molar-refractivity contribution is 0.0939. The van der Waals surface area contributed by atoms with E-state index >= 15 is 0 Å². The van der Waals surface area contributed by atoms with Crippen LogP contribution in [0.15, 0.2) is 77.7 Å². The van der Waals surface area contributed by atoms with Crippen LogP contribution in [0.25, 0.3) is 0 Å². The van der Waals surface area contributed by atoms with Crippen molar-refractivity contribution in [1.82, 2.24) is 5.32 Å². The van der Waals surface area contributed by atoms with E-state index in [1.54, 1.807) is 56.5 Å². The Hall–Kier alpha value is -3.32. The second kappa shape index (κ2) is 9.00. The van der Waals surface area contributed by atoms with Gasteiger partial charge in [-0.25, -0.2) is 8.42 Å². The van der Waals surface area contributed by atoms with E-state index in [0.717, 1.165) is 11.3 Å². The van der Waals surface area contributed by atoms with Crippen molar-refractivity contribution in [3.8, 4) is 5.75 Å². The van der Waals surface area contributed by atoms with Crippen LogP contribution in [0.3, 0.4) is 0 Å². The molecule has 0 aliphatic rings. The molecule has 0 radical (unpaired) electrons. The van der Waals surface area contributed by atoms with Crippen molar-refractivity contribution in [1.29, 1.82) is 0 Å². The molecule has 30 heavy (non-hydrogen) atoms. The lowest BCUT2D eigenvalue weighted by Gasteiger charge is -2.16. The highest BCUT2D eigenvalue weighted by Gasteiger charge is 2.20. The van der Waals surface area contributed by atoms with Gasteiger partial charge in [0.2, 0.25) is 0 Å². The number of carbonyl (C=O) groups excluding carboxylic acids is 1. The molecule has 0 saturated carbocycles. The zero-order valence-corrected chi connectivity index (χ0v) is 17.9. The Kier molecular flexibility index (Phi) is 6.42. The van der Waals surface area contributed by atoms with Gasteiger partial charge in [0.05, 0.1) is 18.0 Å². The van der Waals surface area contributed by atoms with E-state index < -0.39 is 10.0 Å². The highest BCUT2D eigenvalue weighted by Crippen LogP contribution is 2.22. The minimum atomic E-state index is -3.83. The van der Waals surface area contributed by atoms with Gasteiger partial charge in [-0.05, 0) is 61.4 Å². The lowest BCUT2D eigenvalue weighted by atomic mass is 10.1. The third-order valence-electron chi connectivity index (χ3n) is 4.73. The van der Waals surface area contributed by atoms with E-state index in [9.17, 15) is 13.2 Å². The van der Waals surface area contributed by atoms with Gasteiger partial charge >= 0.3 is 0 Å². The topological polar surface area (TPSA) is 84.5 Å². The molecule has 1 unspecified atom stereocenters. The van der Waals surface area contributed by atoms with Crippen LogP contribution in [0.2, 0.25) is 0 Å². The first-order chi connectivity index (χ1) is 14.3. The fourth-order valence-corrected chi connectivity index (χ4v) is 4.33. The van der Waals surface area contributed by atoms with Crippen LogP contribution in [0.4, 0.5) is 5.69 Å². The molecule has 1 amide bonds. The first-order valence-corrected chi connectivity index (χ1v) is 10.9. The Morgan fingerprint density at radius 1 is 0.967 bits per heavy atom. The summed E-state index contributed by atoms with van der Waals surface area (Å²) in [7, 11) is -2.24. The van der Waals surface area contributed by atoms with Crippen molar-refractivity contribution in [2.24, 2.45) is 0 Å². The van der Waals surface area contributed by atoms with Crippen LogP contribution in [0.1, 0.15) is 34.5 Å². The largest absolute Gasteiger partial charge is 0.497 e. The molecule has 1 atom stereocenters. The van der Waals surface area contributed by atoms with Gasteiger partial charge in [-0.2, -0.15) is 0 Å². The monoisotopic (exact) mass is 424 g/mol. The molecule has 0 heterocycles. The third-order valence-corrected chi connectivity index (χ3v) is 6.25. The van der Waals surface area contributed by atoms with E-state index in [1.165, 1.54) is 6.07 Å². The van der Waals surface area contributed by atoms with Crippen molar-refractivity contribution in [2.45, 2.75) is 24.8 Å². The molecule has 156 valence electrons. The number of methoxy groups -OCH3 is 1. The van der Waals surface area contributed by atoms with Gasteiger partial charge in [0, 0.05) is 11.3 Å². The van der Waals surface area contributed by atoms with Crippen molar-refractivity contribution < 1.29 is 17.9 Å². The normalized spacial score (nSPS) is 12.1. The van der Waals surface area contributed by atoms with Crippen molar-refractivity contribution >= 4 is 21.6 Å². The number of sulfonamides is 1. The number of benzene rings is 3. The number of para-hydroxylation sites is 1. The number of aryl methyl sites for hydroxylation is 1. The number of carbonyl (C=O) groups is 1. The Balaban J connectivity index is 1.80. The van der Waals surface area contributed by atoms with E-state index in [-0.39, 0.29) is 22.4 Å². The first-order valence-electron chi connectivity index (χ1n) is 9.43. The minimum absolute atomic E-state index is 0.0658. The molecule has 3 rings (SSSR count). The molecule has 0 aliphatic heterocycles. The summed E-state index contributed by atoms with van der Waals surface area (Å²) >= 11 is 0. The van der Waals surface area contributed by atoms with Crippen LogP contribution in [0, 0.1) is 6.92 Å². The summed E-state index contributed by atoms with van der Waals surface area (Å²) in [5, 5.41) is 2.90. The van der Waals surface area contributed by atoms with Crippen molar-refractivity contribution in [3.05, 3.63) is 89.5 Å². The number of anilines is 1. The van der Waals surface area contributed by atoms with Crippen LogP contribution in [-0.2, 0) is 10.0 Å². The summed E-state index contributed by atoms with van der Waals surface area (Å²) in [6.07, 6.45) is 0. The van der Waals surface area contributed by atoms with Gasteiger partial charge in [-0.1, -0.05) is 36.4 Å². The minimum Gasteiger partial charge on any atom is -0.497 e. The first kappa shape index (κ1) is 21.4. The van der Waals surface area contributed by atoms with Gasteiger partial charge in [-0.15, -0.1) is 0 Å². The standard InChI is InChI=1S/C23H24N2O4S/c1-16-9-10-19(15-22(16)30(27,28)25-20-7-5-4-6-8-20)23(26)24-17(2)18-11-13-21(29-3)14-12-18/h4-15,17,25H,1-3H3,(H,24,26). The molecule has 7 heteroatoms. The summed E-state index contributed by atoms with van der Waals surface area (Å²) < 4.78 is 33.4. The SMILES string of the molecule is COc1ccc(C(C)NC(=O)c2ccc(C)c(S(=O)(=O)Nc3ccccc3)c2)cc1. The van der Waals surface area contributed by atoms with Crippen LogP contribution >= 0.6 is 0 Å². The summed E-state index contributed by atoms with van der Waals surface area (Å²) in [4.78, 5) is 12.8. The molecular weight excluding hydrogens is 400 g/mol. The number of rotatable bonds is 7. The van der Waals surface area contributed by atoms with Gasteiger partial charge in [0.15, 0.2) is 0 Å². The van der Waals surface area contributed by atoms with Gasteiger partial charge in [-0.3, -0.25) is 9.52 Å². The second-order valence-corrected chi connectivity index (χ2v) is 8.57. The lowest BCUT2D eigenvalue weighted by Crippen LogP contribution is -2.27. The maximum Gasteiger partial charge on any atom is 0.262 e. The Bertz CT molecular complexity index is 1130. The molecule has 0 bridgehead atoms. The number of hydrogen-bond acceptors (Lipinski definition) is 4. The molecule has 0 fully saturated rings. The molecule has 6 nitrogen and oxygen atoms in total. The number of nitrogens with one attached hydrogen (secondary N) is 2. The fourth-order valence-electron chi connectivity index (χ4n) is 3.00. The van der Waals surface area contributed by atoms with Crippen LogP contribution < -0.4 is 14.8 Å². The molecule has 0 spiro atoms. The number of amides is 1. The maximum atomic E-state index is 12.8. The number of hydrogen-bond donors (Lipinski definition) is 2. The summed E-state index contributed by atoms with van der Waals surface area (Å²) in [6, 6.07) is 20.4. The average molecular weight is 425 g/mol. The maximum absolute atomic E-state index is 12.8. The molecule has 0 saturated heterocycles. The van der Waals surface area contributed by atoms with Gasteiger partial charge < -0.3 is 10.1 Å². The quantitative estimate of drug-likeness (QED) is 0.592. The van der Waals surface area contributed by atoms with Crippen molar-refractivity contribution in [3.63, 3.8) is 0 Å². The molecule has 2 N–H and O–H groups in total. The van der Waals surface area contributed by atoms with Crippen LogP contribution in [0.5, 0.6) is 5.75 Å². The second-order valence-electron chi connectivity index (χ2n) is 6.92.